The Morgan fingerprint density at radius 3 is 2.80 bits per heavy atom. The minimum atomic E-state index is 0.00127. The van der Waals surface area contributed by atoms with E-state index in [-0.39, 0.29) is 11.9 Å². The van der Waals surface area contributed by atoms with E-state index in [1.807, 2.05) is 38.2 Å². The Morgan fingerprint density at radius 1 is 1.45 bits per heavy atom. The van der Waals surface area contributed by atoms with Crippen LogP contribution in [0.3, 0.4) is 0 Å². The first kappa shape index (κ1) is 14.9. The van der Waals surface area contributed by atoms with Gasteiger partial charge in [-0.1, -0.05) is 18.2 Å². The van der Waals surface area contributed by atoms with Crippen LogP contribution < -0.4 is 10.1 Å². The lowest BCUT2D eigenvalue weighted by atomic mass is 10.1. The number of ether oxygens (including phenoxy) is 1. The molecule has 0 bridgehead atoms. The minimum Gasteiger partial charge on any atom is -0.496 e. The van der Waals surface area contributed by atoms with Crippen LogP contribution in [-0.4, -0.2) is 38.1 Å². The Kier molecular flexibility index (Phi) is 5.01. The van der Waals surface area contributed by atoms with Crippen molar-refractivity contribution in [2.45, 2.75) is 25.8 Å². The molecule has 0 spiro atoms. The highest BCUT2D eigenvalue weighted by Gasteiger charge is 2.23. The lowest BCUT2D eigenvalue weighted by Crippen LogP contribution is -2.37. The van der Waals surface area contributed by atoms with Gasteiger partial charge in [-0.2, -0.15) is 0 Å². The normalized spacial score (nSPS) is 15.8. The van der Waals surface area contributed by atoms with Crippen LogP contribution in [0.5, 0.6) is 5.75 Å². The molecule has 0 saturated heterocycles. The number of para-hydroxylation sites is 1. The molecule has 4 nitrogen and oxygen atoms in total. The van der Waals surface area contributed by atoms with Crippen molar-refractivity contribution in [2.24, 2.45) is 5.92 Å². The van der Waals surface area contributed by atoms with Crippen molar-refractivity contribution in [3.63, 3.8) is 0 Å². The molecule has 0 aromatic heterocycles. The lowest BCUT2D eigenvalue weighted by molar-refractivity contribution is -0.130. The molecule has 1 N–H and O–H groups in total. The second-order valence-electron chi connectivity index (χ2n) is 5.50. The van der Waals surface area contributed by atoms with E-state index >= 15 is 0 Å². The van der Waals surface area contributed by atoms with E-state index in [1.54, 1.807) is 12.0 Å². The summed E-state index contributed by atoms with van der Waals surface area (Å²) in [6, 6.07) is 7.84. The van der Waals surface area contributed by atoms with Crippen molar-refractivity contribution in [3.05, 3.63) is 29.8 Å². The second-order valence-corrected chi connectivity index (χ2v) is 5.50. The highest BCUT2D eigenvalue weighted by molar-refractivity contribution is 5.78. The molecule has 1 fully saturated rings. The van der Waals surface area contributed by atoms with Gasteiger partial charge in [-0.25, -0.2) is 0 Å². The summed E-state index contributed by atoms with van der Waals surface area (Å²) >= 11 is 0. The summed E-state index contributed by atoms with van der Waals surface area (Å²) in [7, 11) is 3.50. The standard InChI is InChI=1S/C16H24N2O2/c1-12(14-6-4-5-7-15(14)20-3)18(2)16(19)11-17-10-13-8-9-13/h4-7,12-13,17H,8-11H2,1-3H3. The van der Waals surface area contributed by atoms with Gasteiger partial charge in [0.2, 0.25) is 5.91 Å². The summed E-state index contributed by atoms with van der Waals surface area (Å²) in [5, 5.41) is 3.24. The van der Waals surface area contributed by atoms with Gasteiger partial charge < -0.3 is 15.0 Å². The van der Waals surface area contributed by atoms with E-state index in [0.717, 1.165) is 23.8 Å². The number of nitrogens with one attached hydrogen (secondary N) is 1. The first-order valence-corrected chi connectivity index (χ1v) is 7.22. The summed E-state index contributed by atoms with van der Waals surface area (Å²) < 4.78 is 5.36. The van der Waals surface area contributed by atoms with Crippen LogP contribution in [0.15, 0.2) is 24.3 Å². The van der Waals surface area contributed by atoms with Crippen molar-refractivity contribution in [1.82, 2.24) is 10.2 Å². The van der Waals surface area contributed by atoms with Gasteiger partial charge in [-0.3, -0.25) is 4.79 Å². The maximum atomic E-state index is 12.2. The van der Waals surface area contributed by atoms with E-state index in [9.17, 15) is 4.79 Å². The Morgan fingerprint density at radius 2 is 2.15 bits per heavy atom. The van der Waals surface area contributed by atoms with Gasteiger partial charge >= 0.3 is 0 Å². The van der Waals surface area contributed by atoms with Crippen LogP contribution in [0.25, 0.3) is 0 Å². The van der Waals surface area contributed by atoms with E-state index in [2.05, 4.69) is 5.32 Å². The van der Waals surface area contributed by atoms with Crippen LogP contribution in [0.4, 0.5) is 0 Å². The third-order valence-corrected chi connectivity index (χ3v) is 3.97. The molecule has 1 saturated carbocycles. The van der Waals surface area contributed by atoms with Crippen molar-refractivity contribution in [3.8, 4) is 5.75 Å². The predicted octanol–water partition coefficient (Wildman–Crippen LogP) is 2.21. The molecule has 110 valence electrons. The fourth-order valence-electron chi connectivity index (χ4n) is 2.27. The summed E-state index contributed by atoms with van der Waals surface area (Å²) in [6.45, 7) is 3.39. The molecule has 1 aliphatic rings. The molecule has 0 aliphatic heterocycles. The van der Waals surface area contributed by atoms with E-state index < -0.39 is 0 Å². The van der Waals surface area contributed by atoms with Gasteiger partial charge in [0.25, 0.3) is 0 Å². The number of hydrogen-bond acceptors (Lipinski definition) is 3. The second kappa shape index (κ2) is 6.75. The summed E-state index contributed by atoms with van der Waals surface area (Å²) in [4.78, 5) is 14.0. The number of amides is 1. The van der Waals surface area contributed by atoms with Crippen LogP contribution in [-0.2, 0) is 4.79 Å². The quantitative estimate of drug-likeness (QED) is 0.830. The molecule has 1 atom stereocenters. The van der Waals surface area contributed by atoms with Crippen LogP contribution in [0.1, 0.15) is 31.4 Å². The average Bonchev–Trinajstić information content (AvgIpc) is 3.29. The largest absolute Gasteiger partial charge is 0.496 e. The van der Waals surface area contributed by atoms with Crippen LogP contribution >= 0.6 is 0 Å². The lowest BCUT2D eigenvalue weighted by Gasteiger charge is -2.26. The highest BCUT2D eigenvalue weighted by Crippen LogP contribution is 2.28. The average molecular weight is 276 g/mol. The van der Waals surface area contributed by atoms with Gasteiger partial charge in [-0.15, -0.1) is 0 Å². The molecule has 2 rings (SSSR count). The van der Waals surface area contributed by atoms with E-state index in [0.29, 0.717) is 6.54 Å². The fourth-order valence-corrected chi connectivity index (χ4v) is 2.27. The molecule has 1 amide bonds. The van der Waals surface area contributed by atoms with Gasteiger partial charge in [-0.05, 0) is 38.3 Å². The maximum absolute atomic E-state index is 12.2. The van der Waals surface area contributed by atoms with Crippen LogP contribution in [0, 0.1) is 5.92 Å². The Balaban J connectivity index is 1.92. The summed E-state index contributed by atoms with van der Waals surface area (Å²) in [5.74, 6) is 1.73. The van der Waals surface area contributed by atoms with E-state index in [4.69, 9.17) is 4.74 Å². The zero-order chi connectivity index (χ0) is 14.5. The van der Waals surface area contributed by atoms with E-state index in [1.165, 1.54) is 12.8 Å². The Labute approximate surface area is 121 Å². The predicted molar refractivity (Wildman–Crippen MR) is 79.8 cm³/mol. The van der Waals surface area contributed by atoms with Crippen molar-refractivity contribution < 1.29 is 9.53 Å². The van der Waals surface area contributed by atoms with Gasteiger partial charge in [0.15, 0.2) is 0 Å². The molecule has 1 aromatic carbocycles. The molecule has 1 unspecified atom stereocenters. The Hall–Kier alpha value is -1.55. The summed E-state index contributed by atoms with van der Waals surface area (Å²) in [5.41, 5.74) is 1.04. The van der Waals surface area contributed by atoms with Gasteiger partial charge in [0.1, 0.15) is 5.75 Å². The third kappa shape index (κ3) is 3.73. The molecule has 0 radical (unpaired) electrons. The smallest absolute Gasteiger partial charge is 0.236 e. The first-order valence-electron chi connectivity index (χ1n) is 7.22. The number of benzene rings is 1. The molecule has 1 aliphatic carbocycles. The topological polar surface area (TPSA) is 41.6 Å². The zero-order valence-corrected chi connectivity index (χ0v) is 12.6. The van der Waals surface area contributed by atoms with Crippen molar-refractivity contribution in [2.75, 3.05) is 27.2 Å². The maximum Gasteiger partial charge on any atom is 0.236 e. The van der Waals surface area contributed by atoms with Gasteiger partial charge in [0, 0.05) is 12.6 Å². The molecular weight excluding hydrogens is 252 g/mol. The summed E-state index contributed by atoms with van der Waals surface area (Å²) in [6.07, 6.45) is 2.60. The molecule has 4 heteroatoms. The number of rotatable bonds is 7. The molecular formula is C16H24N2O2. The number of carbonyl (C=O) groups is 1. The van der Waals surface area contributed by atoms with Crippen molar-refractivity contribution >= 4 is 5.91 Å². The zero-order valence-electron chi connectivity index (χ0n) is 12.6. The van der Waals surface area contributed by atoms with Gasteiger partial charge in [0.05, 0.1) is 19.7 Å². The number of hydrogen-bond donors (Lipinski definition) is 1. The first-order chi connectivity index (χ1) is 9.63. The Bertz CT molecular complexity index is 458. The number of methoxy groups -OCH3 is 1. The molecule has 0 heterocycles. The number of carbonyl (C=O) groups excluding carboxylic acids is 1. The third-order valence-electron chi connectivity index (χ3n) is 3.97. The minimum absolute atomic E-state index is 0.00127. The number of nitrogens with zero attached hydrogens (tertiary/aromatic N) is 1. The highest BCUT2D eigenvalue weighted by atomic mass is 16.5. The fraction of sp³-hybridized carbons (Fsp3) is 0.562. The molecule has 1 aromatic rings. The monoisotopic (exact) mass is 276 g/mol. The van der Waals surface area contributed by atoms with Crippen molar-refractivity contribution in [1.29, 1.82) is 0 Å². The van der Waals surface area contributed by atoms with Crippen LogP contribution in [0.2, 0.25) is 0 Å². The SMILES string of the molecule is COc1ccccc1C(C)N(C)C(=O)CNCC1CC1. The number of likely N-dealkylation sites (N-methyl/N-ethyl adjacent to an activating group) is 1. The molecule has 20 heavy (non-hydrogen) atoms.